The average Bonchev–Trinajstić information content (AvgIpc) is 2.40. The van der Waals surface area contributed by atoms with Crippen LogP contribution >= 0.6 is 12.4 Å². The molecular formula is C7H12ClNO2. The van der Waals surface area contributed by atoms with E-state index >= 15 is 0 Å². The molecule has 0 spiro atoms. The molecule has 1 saturated carbocycles. The number of carboxylic acids is 1. The number of rotatable bonds is 2. The highest BCUT2D eigenvalue weighted by atomic mass is 35.5. The number of fused-ring (bicyclic) bond motifs is 1. The third kappa shape index (κ3) is 1.49. The average molecular weight is 178 g/mol. The SMILES string of the molecule is Cl.O=C(O)C[C@H]1[C@@H]2CNC[C@@H]21. The lowest BCUT2D eigenvalue weighted by atomic mass is 10.2. The van der Waals surface area contributed by atoms with Crippen LogP contribution in [0.3, 0.4) is 0 Å². The fourth-order valence-electron chi connectivity index (χ4n) is 2.05. The number of hydrogen-bond donors (Lipinski definition) is 2. The standard InChI is InChI=1S/C7H11NO2.ClH/c9-7(10)1-4-5-2-8-3-6(4)5;/h4-6,8H,1-3H2,(H,9,10);1H/t4-,5-,6+;. The molecule has 1 saturated heterocycles. The van der Waals surface area contributed by atoms with Gasteiger partial charge in [0, 0.05) is 6.42 Å². The summed E-state index contributed by atoms with van der Waals surface area (Å²) < 4.78 is 0. The van der Waals surface area contributed by atoms with Crippen LogP contribution in [0.4, 0.5) is 0 Å². The molecule has 1 aliphatic heterocycles. The van der Waals surface area contributed by atoms with Gasteiger partial charge in [0.1, 0.15) is 0 Å². The molecule has 2 rings (SSSR count). The Labute approximate surface area is 71.6 Å². The van der Waals surface area contributed by atoms with Gasteiger partial charge in [-0.15, -0.1) is 12.4 Å². The van der Waals surface area contributed by atoms with Gasteiger partial charge in [-0.25, -0.2) is 0 Å². The summed E-state index contributed by atoms with van der Waals surface area (Å²) in [7, 11) is 0. The van der Waals surface area contributed by atoms with E-state index in [2.05, 4.69) is 5.32 Å². The van der Waals surface area contributed by atoms with E-state index in [-0.39, 0.29) is 12.4 Å². The summed E-state index contributed by atoms with van der Waals surface area (Å²) in [6.45, 7) is 2.09. The van der Waals surface area contributed by atoms with Crippen LogP contribution in [0.15, 0.2) is 0 Å². The molecule has 0 aromatic heterocycles. The topological polar surface area (TPSA) is 49.3 Å². The minimum atomic E-state index is -0.639. The fraction of sp³-hybridized carbons (Fsp3) is 0.857. The van der Waals surface area contributed by atoms with E-state index in [1.165, 1.54) is 0 Å². The molecule has 0 aromatic carbocycles. The van der Waals surface area contributed by atoms with Crippen LogP contribution in [0.1, 0.15) is 6.42 Å². The van der Waals surface area contributed by atoms with E-state index in [1.54, 1.807) is 0 Å². The molecule has 64 valence electrons. The molecule has 1 aliphatic carbocycles. The Morgan fingerprint density at radius 3 is 2.45 bits per heavy atom. The molecule has 0 amide bonds. The number of aliphatic carboxylic acids is 1. The van der Waals surface area contributed by atoms with Crippen molar-refractivity contribution in [3.05, 3.63) is 0 Å². The molecule has 2 N–H and O–H groups in total. The Morgan fingerprint density at radius 1 is 1.45 bits per heavy atom. The number of halogens is 1. The minimum Gasteiger partial charge on any atom is -0.481 e. The first-order chi connectivity index (χ1) is 4.79. The van der Waals surface area contributed by atoms with Gasteiger partial charge in [-0.05, 0) is 30.8 Å². The summed E-state index contributed by atoms with van der Waals surface area (Å²) in [6.07, 6.45) is 0.386. The van der Waals surface area contributed by atoms with Crippen molar-refractivity contribution in [2.45, 2.75) is 6.42 Å². The van der Waals surface area contributed by atoms with Crippen LogP contribution in [-0.2, 0) is 4.79 Å². The van der Waals surface area contributed by atoms with Gasteiger partial charge in [-0.3, -0.25) is 4.79 Å². The molecule has 0 bridgehead atoms. The zero-order valence-corrected chi connectivity index (χ0v) is 6.93. The Hall–Kier alpha value is -0.280. The Morgan fingerprint density at radius 2 is 2.00 bits per heavy atom. The lowest BCUT2D eigenvalue weighted by molar-refractivity contribution is -0.137. The third-order valence-electron chi connectivity index (χ3n) is 2.68. The van der Waals surface area contributed by atoms with Crippen molar-refractivity contribution in [3.63, 3.8) is 0 Å². The van der Waals surface area contributed by atoms with Gasteiger partial charge in [0.15, 0.2) is 0 Å². The van der Waals surface area contributed by atoms with E-state index in [9.17, 15) is 4.79 Å². The molecule has 11 heavy (non-hydrogen) atoms. The monoisotopic (exact) mass is 177 g/mol. The zero-order valence-electron chi connectivity index (χ0n) is 6.12. The first kappa shape index (κ1) is 8.81. The lowest BCUT2D eigenvalue weighted by Crippen LogP contribution is -2.15. The highest BCUT2D eigenvalue weighted by molar-refractivity contribution is 5.85. The normalized spacial score (nSPS) is 39.1. The van der Waals surface area contributed by atoms with E-state index < -0.39 is 5.97 Å². The molecule has 0 aromatic rings. The Kier molecular flexibility index (Phi) is 2.40. The van der Waals surface area contributed by atoms with Gasteiger partial charge in [-0.1, -0.05) is 0 Å². The second kappa shape index (κ2) is 2.99. The molecule has 2 aliphatic rings. The van der Waals surface area contributed by atoms with Crippen molar-refractivity contribution < 1.29 is 9.90 Å². The van der Waals surface area contributed by atoms with Crippen molar-refractivity contribution in [3.8, 4) is 0 Å². The van der Waals surface area contributed by atoms with Gasteiger partial charge in [0.2, 0.25) is 0 Å². The molecule has 3 atom stereocenters. The summed E-state index contributed by atoms with van der Waals surface area (Å²) in [5, 5.41) is 11.7. The second-order valence-electron chi connectivity index (χ2n) is 3.25. The summed E-state index contributed by atoms with van der Waals surface area (Å²) in [5.41, 5.74) is 0. The summed E-state index contributed by atoms with van der Waals surface area (Å²) >= 11 is 0. The molecular weight excluding hydrogens is 166 g/mol. The molecule has 4 heteroatoms. The number of hydrogen-bond acceptors (Lipinski definition) is 2. The summed E-state index contributed by atoms with van der Waals surface area (Å²) in [5.74, 6) is 1.24. The van der Waals surface area contributed by atoms with Crippen molar-refractivity contribution in [2.75, 3.05) is 13.1 Å². The van der Waals surface area contributed by atoms with E-state index in [0.29, 0.717) is 24.2 Å². The molecule has 0 unspecified atom stereocenters. The van der Waals surface area contributed by atoms with Gasteiger partial charge in [0.05, 0.1) is 0 Å². The van der Waals surface area contributed by atoms with Crippen LogP contribution in [0, 0.1) is 17.8 Å². The molecule has 3 nitrogen and oxygen atoms in total. The van der Waals surface area contributed by atoms with Gasteiger partial charge >= 0.3 is 5.97 Å². The first-order valence-electron chi connectivity index (χ1n) is 3.71. The fourth-order valence-corrected chi connectivity index (χ4v) is 2.05. The highest BCUT2D eigenvalue weighted by Crippen LogP contribution is 2.50. The van der Waals surface area contributed by atoms with Gasteiger partial charge in [0.25, 0.3) is 0 Å². The molecule has 0 radical (unpaired) electrons. The van der Waals surface area contributed by atoms with Crippen LogP contribution in [0.2, 0.25) is 0 Å². The third-order valence-corrected chi connectivity index (χ3v) is 2.68. The van der Waals surface area contributed by atoms with Crippen LogP contribution in [0.5, 0.6) is 0 Å². The predicted molar refractivity (Wildman–Crippen MR) is 42.8 cm³/mol. The smallest absolute Gasteiger partial charge is 0.303 e. The number of nitrogens with one attached hydrogen (secondary N) is 1. The molecule has 1 heterocycles. The predicted octanol–water partition coefficient (Wildman–Crippen LogP) is 0.348. The Balaban J connectivity index is 0.000000605. The Bertz CT molecular complexity index is 164. The number of carboxylic acid groups (broad SMARTS) is 1. The molecule has 2 fully saturated rings. The van der Waals surface area contributed by atoms with Crippen LogP contribution in [0.25, 0.3) is 0 Å². The quantitative estimate of drug-likeness (QED) is 0.640. The zero-order chi connectivity index (χ0) is 7.14. The van der Waals surface area contributed by atoms with E-state index in [0.717, 1.165) is 13.1 Å². The van der Waals surface area contributed by atoms with E-state index in [1.807, 2.05) is 0 Å². The maximum absolute atomic E-state index is 10.3. The van der Waals surface area contributed by atoms with Crippen molar-refractivity contribution in [2.24, 2.45) is 17.8 Å². The first-order valence-corrected chi connectivity index (χ1v) is 3.71. The maximum atomic E-state index is 10.3. The van der Waals surface area contributed by atoms with Gasteiger partial charge in [-0.2, -0.15) is 0 Å². The van der Waals surface area contributed by atoms with E-state index in [4.69, 9.17) is 5.11 Å². The van der Waals surface area contributed by atoms with Gasteiger partial charge < -0.3 is 10.4 Å². The van der Waals surface area contributed by atoms with Crippen molar-refractivity contribution >= 4 is 18.4 Å². The van der Waals surface area contributed by atoms with Crippen molar-refractivity contribution in [1.29, 1.82) is 0 Å². The minimum absolute atomic E-state index is 0. The largest absolute Gasteiger partial charge is 0.481 e. The highest BCUT2D eigenvalue weighted by Gasteiger charge is 2.53. The number of carbonyl (C=O) groups is 1. The van der Waals surface area contributed by atoms with Crippen LogP contribution < -0.4 is 5.32 Å². The van der Waals surface area contributed by atoms with Crippen molar-refractivity contribution in [1.82, 2.24) is 5.32 Å². The summed E-state index contributed by atoms with van der Waals surface area (Å²) in [6, 6.07) is 0. The second-order valence-corrected chi connectivity index (χ2v) is 3.25. The number of piperidine rings is 1. The summed E-state index contributed by atoms with van der Waals surface area (Å²) in [4.78, 5) is 10.3. The maximum Gasteiger partial charge on any atom is 0.303 e. The lowest BCUT2D eigenvalue weighted by Gasteiger charge is -1.98. The van der Waals surface area contributed by atoms with Crippen LogP contribution in [-0.4, -0.2) is 24.2 Å².